The number of unbranched alkanes of at least 4 members (excludes halogenated alkanes) is 1. The molecular weight excluding hydrogens is 368 g/mol. The summed E-state index contributed by atoms with van der Waals surface area (Å²) in [6.07, 6.45) is 1.08. The molecule has 0 fully saturated rings. The van der Waals surface area contributed by atoms with Gasteiger partial charge in [0.15, 0.2) is 0 Å². The zero-order chi connectivity index (χ0) is 16.9. The highest BCUT2D eigenvalue weighted by Crippen LogP contribution is 2.27. The average Bonchev–Trinajstić information content (AvgIpc) is 2.73. The van der Waals surface area contributed by atoms with Crippen LogP contribution in [-0.2, 0) is 9.53 Å². The first-order valence-corrected chi connectivity index (χ1v) is 8.84. The van der Waals surface area contributed by atoms with Gasteiger partial charge in [0.05, 0.1) is 11.4 Å². The zero-order valence-electron chi connectivity index (χ0n) is 13.5. The number of amides is 1. The van der Waals surface area contributed by atoms with E-state index in [0.717, 1.165) is 39.8 Å². The molecule has 1 aliphatic rings. The van der Waals surface area contributed by atoms with E-state index in [-0.39, 0.29) is 5.91 Å². The average molecular weight is 387 g/mol. The number of nitrogens with zero attached hydrogens (tertiary/aromatic N) is 1. The first-order chi connectivity index (χ1) is 11.7. The van der Waals surface area contributed by atoms with Gasteiger partial charge in [-0.25, -0.2) is 4.99 Å². The van der Waals surface area contributed by atoms with Crippen LogP contribution in [0, 0.1) is 0 Å². The number of hydrogen-bond acceptors (Lipinski definition) is 3. The number of halogens is 1. The predicted molar refractivity (Wildman–Crippen MR) is 99.5 cm³/mol. The molecule has 0 radical (unpaired) electrons. The minimum atomic E-state index is -0.835. The number of benzene rings is 2. The molecule has 3 rings (SSSR count). The molecule has 24 heavy (non-hydrogen) atoms. The van der Waals surface area contributed by atoms with E-state index in [0.29, 0.717) is 6.61 Å². The number of ether oxygens (including phenoxy) is 1. The van der Waals surface area contributed by atoms with Crippen molar-refractivity contribution in [2.75, 3.05) is 11.9 Å². The second-order valence-corrected chi connectivity index (χ2v) is 6.52. The third kappa shape index (κ3) is 3.74. The van der Waals surface area contributed by atoms with Gasteiger partial charge >= 0.3 is 0 Å². The highest BCUT2D eigenvalue weighted by molar-refractivity contribution is 9.10. The van der Waals surface area contributed by atoms with Crippen molar-refractivity contribution in [1.82, 2.24) is 0 Å². The maximum Gasteiger partial charge on any atom is 0.276 e. The van der Waals surface area contributed by atoms with E-state index in [9.17, 15) is 4.79 Å². The van der Waals surface area contributed by atoms with Gasteiger partial charge in [-0.2, -0.15) is 0 Å². The van der Waals surface area contributed by atoms with Crippen molar-refractivity contribution in [3.63, 3.8) is 0 Å². The van der Waals surface area contributed by atoms with Gasteiger partial charge < -0.3 is 10.1 Å². The molecule has 0 aliphatic carbocycles. The number of carbonyl (C=O) groups is 1. The molecule has 2 aromatic rings. The monoisotopic (exact) mass is 386 g/mol. The summed E-state index contributed by atoms with van der Waals surface area (Å²) in [6, 6.07) is 15.6. The predicted octanol–water partition coefficient (Wildman–Crippen LogP) is 4.38. The number of nitrogens with one attached hydrogen (secondary N) is 1. The molecule has 0 aromatic heterocycles. The minimum absolute atomic E-state index is 0.236. The minimum Gasteiger partial charge on any atom is -0.348 e. The van der Waals surface area contributed by atoms with Crippen LogP contribution in [0.4, 0.5) is 5.69 Å². The third-order valence-corrected chi connectivity index (χ3v) is 4.28. The van der Waals surface area contributed by atoms with E-state index < -0.39 is 6.23 Å². The van der Waals surface area contributed by atoms with E-state index in [1.807, 2.05) is 48.5 Å². The summed E-state index contributed by atoms with van der Waals surface area (Å²) in [5.41, 5.74) is 3.34. The summed E-state index contributed by atoms with van der Waals surface area (Å²) < 4.78 is 6.65. The van der Waals surface area contributed by atoms with Crippen molar-refractivity contribution in [2.45, 2.75) is 26.0 Å². The second kappa shape index (κ2) is 7.73. The van der Waals surface area contributed by atoms with Crippen molar-refractivity contribution >= 4 is 33.2 Å². The van der Waals surface area contributed by atoms with Gasteiger partial charge in [-0.05, 0) is 24.6 Å². The fourth-order valence-electron chi connectivity index (χ4n) is 2.54. The first-order valence-electron chi connectivity index (χ1n) is 8.04. The summed E-state index contributed by atoms with van der Waals surface area (Å²) in [7, 11) is 0. The standard InChI is InChI=1S/C19H19BrN2O2/c1-2-3-11-24-19-18(23)21-16-10-9-14(20)12-15(16)17(22-19)13-7-5-4-6-8-13/h4-10,12,19H,2-3,11H2,1H3,(H,21,23). The van der Waals surface area contributed by atoms with Crippen LogP contribution < -0.4 is 5.32 Å². The molecule has 0 bridgehead atoms. The Morgan fingerprint density at radius 3 is 2.75 bits per heavy atom. The highest BCUT2D eigenvalue weighted by Gasteiger charge is 2.26. The summed E-state index contributed by atoms with van der Waals surface area (Å²) in [6.45, 7) is 2.60. The van der Waals surface area contributed by atoms with Crippen LogP contribution in [0.25, 0.3) is 0 Å². The van der Waals surface area contributed by atoms with Gasteiger partial charge in [-0.1, -0.05) is 59.6 Å². The Hall–Kier alpha value is -1.98. The fraction of sp³-hybridized carbons (Fsp3) is 0.263. The lowest BCUT2D eigenvalue weighted by molar-refractivity contribution is -0.126. The van der Waals surface area contributed by atoms with Crippen LogP contribution in [0.1, 0.15) is 30.9 Å². The van der Waals surface area contributed by atoms with Crippen LogP contribution >= 0.6 is 15.9 Å². The Bertz CT molecular complexity index is 759. The zero-order valence-corrected chi connectivity index (χ0v) is 15.0. The normalized spacial score (nSPS) is 16.8. The molecule has 1 N–H and O–H groups in total. The van der Waals surface area contributed by atoms with Crippen molar-refractivity contribution in [3.8, 4) is 0 Å². The number of anilines is 1. The Labute approximate surface area is 150 Å². The van der Waals surface area contributed by atoms with Gasteiger partial charge in [0.1, 0.15) is 0 Å². The molecule has 2 aromatic carbocycles. The third-order valence-electron chi connectivity index (χ3n) is 3.79. The summed E-state index contributed by atoms with van der Waals surface area (Å²) >= 11 is 3.50. The Morgan fingerprint density at radius 2 is 2.00 bits per heavy atom. The van der Waals surface area contributed by atoms with E-state index in [1.54, 1.807) is 0 Å². The number of fused-ring (bicyclic) bond motifs is 1. The van der Waals surface area contributed by atoms with E-state index in [4.69, 9.17) is 4.74 Å². The second-order valence-electron chi connectivity index (χ2n) is 5.60. The van der Waals surface area contributed by atoms with Crippen molar-refractivity contribution in [2.24, 2.45) is 4.99 Å². The molecule has 124 valence electrons. The van der Waals surface area contributed by atoms with Crippen LogP contribution in [-0.4, -0.2) is 24.5 Å². The molecule has 5 heteroatoms. The van der Waals surface area contributed by atoms with Crippen molar-refractivity contribution in [1.29, 1.82) is 0 Å². The maximum atomic E-state index is 12.5. The lowest BCUT2D eigenvalue weighted by Gasteiger charge is -2.12. The largest absolute Gasteiger partial charge is 0.348 e. The topological polar surface area (TPSA) is 50.7 Å². The fourth-order valence-corrected chi connectivity index (χ4v) is 2.90. The molecule has 1 atom stereocenters. The van der Waals surface area contributed by atoms with Crippen molar-refractivity contribution in [3.05, 3.63) is 64.1 Å². The number of carbonyl (C=O) groups excluding carboxylic acids is 1. The highest BCUT2D eigenvalue weighted by atomic mass is 79.9. The Balaban J connectivity index is 2.06. The molecule has 1 unspecified atom stereocenters. The first kappa shape index (κ1) is 16.9. The molecular formula is C19H19BrN2O2. The molecule has 1 aliphatic heterocycles. The number of benzodiazepines with no additional fused rings is 1. The number of aliphatic imine (C=N–C) groups is 1. The van der Waals surface area contributed by atoms with E-state index in [1.165, 1.54) is 0 Å². The molecule has 1 heterocycles. The molecule has 1 amide bonds. The smallest absolute Gasteiger partial charge is 0.276 e. The van der Waals surface area contributed by atoms with E-state index in [2.05, 4.69) is 33.2 Å². The summed E-state index contributed by atoms with van der Waals surface area (Å²) in [4.78, 5) is 17.1. The van der Waals surface area contributed by atoms with Gasteiger partial charge in [0.2, 0.25) is 6.23 Å². The van der Waals surface area contributed by atoms with Gasteiger partial charge in [0.25, 0.3) is 5.91 Å². The van der Waals surface area contributed by atoms with Crippen LogP contribution in [0.3, 0.4) is 0 Å². The molecule has 0 saturated carbocycles. The lowest BCUT2D eigenvalue weighted by Crippen LogP contribution is -2.28. The van der Waals surface area contributed by atoms with Crippen molar-refractivity contribution < 1.29 is 9.53 Å². The Morgan fingerprint density at radius 1 is 1.21 bits per heavy atom. The molecule has 0 saturated heterocycles. The van der Waals surface area contributed by atoms with Crippen LogP contribution in [0.5, 0.6) is 0 Å². The van der Waals surface area contributed by atoms with Crippen LogP contribution in [0.2, 0.25) is 0 Å². The summed E-state index contributed by atoms with van der Waals surface area (Å²) in [5.74, 6) is -0.236. The van der Waals surface area contributed by atoms with Gasteiger partial charge in [-0.15, -0.1) is 0 Å². The molecule has 4 nitrogen and oxygen atoms in total. The van der Waals surface area contributed by atoms with E-state index >= 15 is 0 Å². The number of hydrogen-bond donors (Lipinski definition) is 1. The maximum absolute atomic E-state index is 12.5. The lowest BCUT2D eigenvalue weighted by atomic mass is 10.0. The Kier molecular flexibility index (Phi) is 5.43. The van der Waals surface area contributed by atoms with Gasteiger partial charge in [0, 0.05) is 22.2 Å². The van der Waals surface area contributed by atoms with Gasteiger partial charge in [-0.3, -0.25) is 4.79 Å². The SMILES string of the molecule is CCCCOC1N=C(c2ccccc2)c2cc(Br)ccc2NC1=O. The van der Waals surface area contributed by atoms with Crippen LogP contribution in [0.15, 0.2) is 58.0 Å². The number of rotatable bonds is 5. The summed E-state index contributed by atoms with van der Waals surface area (Å²) in [5, 5.41) is 2.93. The quantitative estimate of drug-likeness (QED) is 0.774. The molecule has 0 spiro atoms.